The van der Waals surface area contributed by atoms with Gasteiger partial charge in [-0.15, -0.1) is 0 Å². The minimum absolute atomic E-state index is 0.0847. The van der Waals surface area contributed by atoms with Gasteiger partial charge in [0.05, 0.1) is 11.8 Å². The first-order valence-corrected chi connectivity index (χ1v) is 9.40. The first kappa shape index (κ1) is 18.8. The molecule has 1 fully saturated rings. The van der Waals surface area contributed by atoms with Crippen LogP contribution in [-0.4, -0.2) is 36.5 Å². The van der Waals surface area contributed by atoms with E-state index in [1.165, 1.54) is 0 Å². The van der Waals surface area contributed by atoms with Crippen LogP contribution >= 0.6 is 11.8 Å². The SMILES string of the molecule is COCCC1(C(=O)Nc2cccc(CSCCC(=O)O)c2)CCC1. The first-order valence-electron chi connectivity index (χ1n) is 8.25. The van der Waals surface area contributed by atoms with Gasteiger partial charge >= 0.3 is 5.97 Å². The third kappa shape index (κ3) is 5.24. The molecular formula is C18H25NO4S. The second-order valence-electron chi connectivity index (χ2n) is 6.23. The maximum atomic E-state index is 12.6. The van der Waals surface area contributed by atoms with Crippen LogP contribution in [-0.2, 0) is 20.1 Å². The van der Waals surface area contributed by atoms with E-state index >= 15 is 0 Å². The van der Waals surface area contributed by atoms with Crippen LogP contribution in [0.5, 0.6) is 0 Å². The van der Waals surface area contributed by atoms with Gasteiger partial charge in [0.2, 0.25) is 5.91 Å². The van der Waals surface area contributed by atoms with E-state index in [9.17, 15) is 9.59 Å². The van der Waals surface area contributed by atoms with E-state index in [0.29, 0.717) is 12.4 Å². The Balaban J connectivity index is 1.89. The lowest BCUT2D eigenvalue weighted by atomic mass is 9.66. The molecule has 0 bridgehead atoms. The Bertz CT molecular complexity index is 572. The maximum Gasteiger partial charge on any atom is 0.304 e. The number of benzene rings is 1. The van der Waals surface area contributed by atoms with Crippen molar-refractivity contribution in [1.29, 1.82) is 0 Å². The third-order valence-corrected chi connectivity index (χ3v) is 5.52. The summed E-state index contributed by atoms with van der Waals surface area (Å²) < 4.78 is 5.14. The predicted molar refractivity (Wildman–Crippen MR) is 96.3 cm³/mol. The zero-order valence-corrected chi connectivity index (χ0v) is 14.9. The summed E-state index contributed by atoms with van der Waals surface area (Å²) in [7, 11) is 1.66. The number of methoxy groups -OCH3 is 1. The standard InChI is InChI=1S/C18H25NO4S/c1-23-10-9-18(7-3-8-18)17(22)19-15-5-2-4-14(12-15)13-24-11-6-16(20)21/h2,4-5,12H,3,6-11,13H2,1H3,(H,19,22)(H,20,21). The molecule has 0 heterocycles. The molecular weight excluding hydrogens is 326 g/mol. The van der Waals surface area contributed by atoms with Crippen molar-refractivity contribution in [1.82, 2.24) is 0 Å². The van der Waals surface area contributed by atoms with Crippen molar-refractivity contribution in [2.24, 2.45) is 5.41 Å². The Morgan fingerprint density at radius 3 is 2.79 bits per heavy atom. The van der Waals surface area contributed by atoms with Gasteiger partial charge in [-0.3, -0.25) is 9.59 Å². The highest BCUT2D eigenvalue weighted by Gasteiger charge is 2.43. The van der Waals surface area contributed by atoms with Crippen LogP contribution in [0.15, 0.2) is 24.3 Å². The summed E-state index contributed by atoms with van der Waals surface area (Å²) in [5.41, 5.74) is 1.62. The van der Waals surface area contributed by atoms with Crippen molar-refractivity contribution in [2.75, 3.05) is 24.8 Å². The van der Waals surface area contributed by atoms with Crippen molar-refractivity contribution in [2.45, 2.75) is 37.9 Å². The molecule has 0 atom stereocenters. The second-order valence-corrected chi connectivity index (χ2v) is 7.33. The molecule has 0 spiro atoms. The van der Waals surface area contributed by atoms with Crippen LogP contribution in [0, 0.1) is 5.41 Å². The molecule has 1 aromatic rings. The zero-order chi connectivity index (χ0) is 17.4. The number of ether oxygens (including phenoxy) is 1. The van der Waals surface area contributed by atoms with Gasteiger partial charge in [0.15, 0.2) is 0 Å². The van der Waals surface area contributed by atoms with E-state index in [0.717, 1.165) is 42.7 Å². The maximum absolute atomic E-state index is 12.6. The molecule has 0 unspecified atom stereocenters. The zero-order valence-electron chi connectivity index (χ0n) is 14.0. The fourth-order valence-corrected chi connectivity index (χ4v) is 3.72. The number of carbonyl (C=O) groups excluding carboxylic acids is 1. The topological polar surface area (TPSA) is 75.6 Å². The van der Waals surface area contributed by atoms with E-state index in [-0.39, 0.29) is 17.7 Å². The molecule has 5 nitrogen and oxygen atoms in total. The lowest BCUT2D eigenvalue weighted by Gasteiger charge is -2.40. The number of carboxylic acid groups (broad SMARTS) is 1. The number of hydrogen-bond acceptors (Lipinski definition) is 4. The van der Waals surface area contributed by atoms with Gasteiger partial charge in [-0.05, 0) is 37.0 Å². The number of carbonyl (C=O) groups is 2. The van der Waals surface area contributed by atoms with Crippen LogP contribution in [0.4, 0.5) is 5.69 Å². The quantitative estimate of drug-likeness (QED) is 0.631. The lowest BCUT2D eigenvalue weighted by Crippen LogP contribution is -2.42. The van der Waals surface area contributed by atoms with E-state index in [1.54, 1.807) is 18.9 Å². The summed E-state index contributed by atoms with van der Waals surface area (Å²) in [6, 6.07) is 7.78. The molecule has 1 aliphatic rings. The Labute approximate surface area is 147 Å². The molecule has 0 aromatic heterocycles. The number of anilines is 1. The minimum Gasteiger partial charge on any atom is -0.481 e. The summed E-state index contributed by atoms with van der Waals surface area (Å²) in [5.74, 6) is 0.643. The van der Waals surface area contributed by atoms with Gasteiger partial charge in [0.25, 0.3) is 0 Å². The number of amides is 1. The van der Waals surface area contributed by atoms with E-state index in [2.05, 4.69) is 5.32 Å². The molecule has 6 heteroatoms. The number of aliphatic carboxylic acids is 1. The number of thioether (sulfide) groups is 1. The van der Waals surface area contributed by atoms with Crippen LogP contribution in [0.3, 0.4) is 0 Å². The minimum atomic E-state index is -0.773. The van der Waals surface area contributed by atoms with Gasteiger partial charge < -0.3 is 15.2 Å². The normalized spacial score (nSPS) is 15.5. The summed E-state index contributed by atoms with van der Waals surface area (Å²) in [5, 5.41) is 11.7. The molecule has 1 amide bonds. The van der Waals surface area contributed by atoms with Crippen molar-refractivity contribution in [3.63, 3.8) is 0 Å². The van der Waals surface area contributed by atoms with Gasteiger partial charge in [0, 0.05) is 30.9 Å². The number of carboxylic acids is 1. The Hall–Kier alpha value is -1.53. The van der Waals surface area contributed by atoms with Crippen LogP contribution in [0.25, 0.3) is 0 Å². The van der Waals surface area contributed by atoms with Crippen LogP contribution in [0.2, 0.25) is 0 Å². The summed E-state index contributed by atoms with van der Waals surface area (Å²) in [6.07, 6.45) is 3.88. The van der Waals surface area contributed by atoms with E-state index < -0.39 is 5.97 Å². The molecule has 2 rings (SSSR count). The van der Waals surface area contributed by atoms with Gasteiger partial charge in [-0.1, -0.05) is 18.6 Å². The molecule has 2 N–H and O–H groups in total. The summed E-state index contributed by atoms with van der Waals surface area (Å²) in [4.78, 5) is 23.2. The Morgan fingerprint density at radius 2 is 2.17 bits per heavy atom. The first-order chi connectivity index (χ1) is 11.6. The Kier molecular flexibility index (Phi) is 7.12. The molecule has 1 aliphatic carbocycles. The van der Waals surface area contributed by atoms with Crippen LogP contribution in [0.1, 0.15) is 37.7 Å². The van der Waals surface area contributed by atoms with Gasteiger partial charge in [0.1, 0.15) is 0 Å². The molecule has 0 aliphatic heterocycles. The van der Waals surface area contributed by atoms with Crippen molar-refractivity contribution in [3.05, 3.63) is 29.8 Å². The average molecular weight is 351 g/mol. The van der Waals surface area contributed by atoms with Crippen molar-refractivity contribution >= 4 is 29.3 Å². The predicted octanol–water partition coefficient (Wildman–Crippen LogP) is 3.54. The molecule has 0 saturated heterocycles. The molecule has 0 radical (unpaired) electrons. The van der Waals surface area contributed by atoms with Crippen molar-refractivity contribution < 1.29 is 19.4 Å². The van der Waals surface area contributed by atoms with E-state index in [1.807, 2.05) is 24.3 Å². The highest BCUT2D eigenvalue weighted by Crippen LogP contribution is 2.44. The second kappa shape index (κ2) is 9.08. The van der Waals surface area contributed by atoms with Crippen molar-refractivity contribution in [3.8, 4) is 0 Å². The summed E-state index contributed by atoms with van der Waals surface area (Å²) >= 11 is 1.58. The molecule has 24 heavy (non-hydrogen) atoms. The average Bonchev–Trinajstić information content (AvgIpc) is 2.51. The van der Waals surface area contributed by atoms with Gasteiger partial charge in [-0.25, -0.2) is 0 Å². The number of hydrogen-bond donors (Lipinski definition) is 2. The van der Waals surface area contributed by atoms with Gasteiger partial charge in [-0.2, -0.15) is 11.8 Å². The fourth-order valence-electron chi connectivity index (χ4n) is 2.84. The number of rotatable bonds is 10. The largest absolute Gasteiger partial charge is 0.481 e. The molecule has 132 valence electrons. The fraction of sp³-hybridized carbons (Fsp3) is 0.556. The number of nitrogens with one attached hydrogen (secondary N) is 1. The lowest BCUT2D eigenvalue weighted by molar-refractivity contribution is -0.136. The third-order valence-electron chi connectivity index (χ3n) is 4.49. The molecule has 1 saturated carbocycles. The van der Waals surface area contributed by atoms with E-state index in [4.69, 9.17) is 9.84 Å². The Morgan fingerprint density at radius 1 is 1.38 bits per heavy atom. The highest BCUT2D eigenvalue weighted by molar-refractivity contribution is 7.98. The highest BCUT2D eigenvalue weighted by atomic mass is 32.2. The monoisotopic (exact) mass is 351 g/mol. The molecule has 1 aromatic carbocycles. The van der Waals surface area contributed by atoms with Crippen LogP contribution < -0.4 is 5.32 Å². The summed E-state index contributed by atoms with van der Waals surface area (Å²) in [6.45, 7) is 0.605. The smallest absolute Gasteiger partial charge is 0.304 e.